The van der Waals surface area contributed by atoms with Gasteiger partial charge in [0.15, 0.2) is 0 Å². The minimum atomic E-state index is -1.21. The highest BCUT2D eigenvalue weighted by Crippen LogP contribution is 1.91. The molecule has 0 radical (unpaired) electrons. The van der Waals surface area contributed by atoms with E-state index in [0.29, 0.717) is 19.4 Å². The number of primary amides is 1. The first kappa shape index (κ1) is 18.6. The fourth-order valence-corrected chi connectivity index (χ4v) is 0.765. The average Bonchev–Trinajstić information content (AvgIpc) is 2.25. The van der Waals surface area contributed by atoms with Gasteiger partial charge in [-0.15, -0.1) is 0 Å². The molecule has 0 rings (SSSR count). The van der Waals surface area contributed by atoms with Crippen LogP contribution < -0.4 is 22.9 Å². The fraction of sp³-hybridized carbons (Fsp3) is 0.667. The molecule has 0 spiro atoms. The van der Waals surface area contributed by atoms with E-state index in [1.54, 1.807) is 0 Å². The van der Waals surface area contributed by atoms with Crippen LogP contribution in [0.5, 0.6) is 0 Å². The Hall–Kier alpha value is -1.71. The Labute approximate surface area is 104 Å². The van der Waals surface area contributed by atoms with Gasteiger partial charge in [-0.2, -0.15) is 0 Å². The lowest BCUT2D eigenvalue weighted by Gasteiger charge is -2.02. The molecule has 2 atom stereocenters. The first-order chi connectivity index (χ1) is 8.22. The fourth-order valence-electron chi connectivity index (χ4n) is 0.765. The van der Waals surface area contributed by atoms with Gasteiger partial charge >= 0.3 is 11.9 Å². The number of carboxylic acid groups (broad SMARTS) is 2. The maximum Gasteiger partial charge on any atom is 0.321 e. The molecule has 18 heavy (non-hydrogen) atoms. The number of carboxylic acids is 2. The maximum atomic E-state index is 10.0. The zero-order valence-corrected chi connectivity index (χ0v) is 9.91. The van der Waals surface area contributed by atoms with Gasteiger partial charge in [0.25, 0.3) is 0 Å². The minimum Gasteiger partial charge on any atom is -0.480 e. The topological polar surface area (TPSA) is 196 Å². The number of aliphatic carboxylic acids is 2. The molecule has 0 aliphatic heterocycles. The Bertz CT molecular complexity index is 284. The van der Waals surface area contributed by atoms with Crippen LogP contribution in [0.1, 0.15) is 19.3 Å². The van der Waals surface area contributed by atoms with E-state index >= 15 is 0 Å². The van der Waals surface area contributed by atoms with Crippen LogP contribution in [0.25, 0.3) is 0 Å². The average molecular weight is 264 g/mol. The third-order valence-electron chi connectivity index (χ3n) is 1.77. The Morgan fingerprint density at radius 2 is 1.44 bits per heavy atom. The Morgan fingerprint density at radius 3 is 1.67 bits per heavy atom. The lowest BCUT2D eigenvalue weighted by atomic mass is 10.2. The van der Waals surface area contributed by atoms with Gasteiger partial charge in [-0.3, -0.25) is 14.4 Å². The third kappa shape index (κ3) is 12.4. The summed E-state index contributed by atoms with van der Waals surface area (Å²) in [6.07, 6.45) is 0.828. The molecule has 0 heterocycles. The van der Waals surface area contributed by atoms with Gasteiger partial charge in [0, 0.05) is 0 Å². The molecule has 1 amide bonds. The number of rotatable bonds is 7. The highest BCUT2D eigenvalue weighted by atomic mass is 16.4. The van der Waals surface area contributed by atoms with E-state index < -0.39 is 29.9 Å². The van der Waals surface area contributed by atoms with Gasteiger partial charge in [-0.25, -0.2) is 0 Å². The van der Waals surface area contributed by atoms with E-state index in [1.807, 2.05) is 0 Å². The number of nitrogens with two attached hydrogens (primary N) is 4. The van der Waals surface area contributed by atoms with Crippen molar-refractivity contribution in [1.29, 1.82) is 0 Å². The van der Waals surface area contributed by atoms with Gasteiger partial charge in [-0.1, -0.05) is 0 Å². The molecule has 9 nitrogen and oxygen atoms in total. The van der Waals surface area contributed by atoms with Crippen LogP contribution in [0.2, 0.25) is 0 Å². The largest absolute Gasteiger partial charge is 0.480 e. The van der Waals surface area contributed by atoms with E-state index in [9.17, 15) is 14.4 Å². The van der Waals surface area contributed by atoms with E-state index in [0.717, 1.165) is 0 Å². The van der Waals surface area contributed by atoms with Crippen molar-refractivity contribution in [2.24, 2.45) is 22.9 Å². The number of hydrogen-bond donors (Lipinski definition) is 6. The zero-order valence-electron chi connectivity index (χ0n) is 9.91. The monoisotopic (exact) mass is 264 g/mol. The molecule has 106 valence electrons. The standard InChI is InChI=1S/C5H12N2O2.C4H8N2O3/c6-3-1-2-4(7)5(8)9;5-2(4(8)9)1-3(6)7/h4H,1-3,6-7H2,(H,8,9);2H,1,5H2,(H2,6,7)(H,8,9). The Kier molecular flexibility index (Phi) is 10.8. The van der Waals surface area contributed by atoms with Crippen molar-refractivity contribution in [3.05, 3.63) is 0 Å². The molecular weight excluding hydrogens is 244 g/mol. The summed E-state index contributed by atoms with van der Waals surface area (Å²) in [4.78, 5) is 29.9. The second-order valence-corrected chi connectivity index (χ2v) is 3.49. The summed E-state index contributed by atoms with van der Waals surface area (Å²) in [7, 11) is 0. The van der Waals surface area contributed by atoms with Crippen molar-refractivity contribution in [2.45, 2.75) is 31.3 Å². The van der Waals surface area contributed by atoms with Gasteiger partial charge in [-0.05, 0) is 19.4 Å². The zero-order chi connectivity index (χ0) is 14.7. The number of hydrogen-bond acceptors (Lipinski definition) is 6. The smallest absolute Gasteiger partial charge is 0.321 e. The van der Waals surface area contributed by atoms with Crippen molar-refractivity contribution >= 4 is 17.8 Å². The van der Waals surface area contributed by atoms with Crippen molar-refractivity contribution in [3.8, 4) is 0 Å². The third-order valence-corrected chi connectivity index (χ3v) is 1.77. The second kappa shape index (κ2) is 10.4. The summed E-state index contributed by atoms with van der Waals surface area (Å²) >= 11 is 0. The summed E-state index contributed by atoms with van der Waals surface area (Å²) in [6.45, 7) is 0.501. The molecule has 0 saturated heterocycles. The predicted molar refractivity (Wildman–Crippen MR) is 63.3 cm³/mol. The molecule has 0 aromatic carbocycles. The lowest BCUT2D eigenvalue weighted by Crippen LogP contribution is -2.34. The van der Waals surface area contributed by atoms with E-state index in [4.69, 9.17) is 27.4 Å². The van der Waals surface area contributed by atoms with Crippen molar-refractivity contribution in [1.82, 2.24) is 0 Å². The van der Waals surface area contributed by atoms with Crippen LogP contribution in [0.15, 0.2) is 0 Å². The van der Waals surface area contributed by atoms with Gasteiger partial charge in [0.1, 0.15) is 12.1 Å². The van der Waals surface area contributed by atoms with Gasteiger partial charge in [0.2, 0.25) is 5.91 Å². The molecular formula is C9H20N4O5. The number of amides is 1. The number of carbonyl (C=O) groups is 3. The molecule has 0 aromatic heterocycles. The van der Waals surface area contributed by atoms with E-state index in [2.05, 4.69) is 5.73 Å². The summed E-state index contributed by atoms with van der Waals surface area (Å²) in [5.41, 5.74) is 19.8. The molecule has 0 bridgehead atoms. The Morgan fingerprint density at radius 1 is 1.00 bits per heavy atom. The summed E-state index contributed by atoms with van der Waals surface area (Å²) in [5, 5.41) is 16.3. The van der Waals surface area contributed by atoms with Crippen LogP contribution in [0.4, 0.5) is 0 Å². The quantitative estimate of drug-likeness (QED) is 0.288. The normalized spacial score (nSPS) is 12.8. The highest BCUT2D eigenvalue weighted by molar-refractivity contribution is 5.83. The van der Waals surface area contributed by atoms with Crippen LogP contribution in [0.3, 0.4) is 0 Å². The predicted octanol–water partition coefficient (Wildman–Crippen LogP) is -2.59. The molecule has 0 aromatic rings. The second-order valence-electron chi connectivity index (χ2n) is 3.49. The van der Waals surface area contributed by atoms with Crippen molar-refractivity contribution < 1.29 is 24.6 Å². The Balaban J connectivity index is 0. The molecule has 2 unspecified atom stereocenters. The molecule has 0 aliphatic rings. The first-order valence-electron chi connectivity index (χ1n) is 5.17. The SMILES string of the molecule is NC(=O)CC(N)C(=O)O.NCCCC(N)C(=O)O. The molecule has 0 saturated carbocycles. The summed E-state index contributed by atoms with van der Waals surface area (Å²) < 4.78 is 0. The molecule has 0 aliphatic carbocycles. The molecule has 10 N–H and O–H groups in total. The first-order valence-corrected chi connectivity index (χ1v) is 5.17. The lowest BCUT2D eigenvalue weighted by molar-refractivity contribution is -0.140. The number of carbonyl (C=O) groups excluding carboxylic acids is 1. The van der Waals surface area contributed by atoms with Crippen LogP contribution >= 0.6 is 0 Å². The maximum absolute atomic E-state index is 10.0. The van der Waals surface area contributed by atoms with Crippen molar-refractivity contribution in [2.75, 3.05) is 6.54 Å². The van der Waals surface area contributed by atoms with E-state index in [-0.39, 0.29) is 6.42 Å². The van der Waals surface area contributed by atoms with Gasteiger partial charge < -0.3 is 33.1 Å². The van der Waals surface area contributed by atoms with Crippen LogP contribution in [-0.4, -0.2) is 46.7 Å². The summed E-state index contributed by atoms with van der Waals surface area (Å²) in [6, 6.07) is -1.91. The van der Waals surface area contributed by atoms with Crippen LogP contribution in [-0.2, 0) is 14.4 Å². The highest BCUT2D eigenvalue weighted by Gasteiger charge is 2.13. The molecule has 0 fully saturated rings. The van der Waals surface area contributed by atoms with Gasteiger partial charge in [0.05, 0.1) is 6.42 Å². The van der Waals surface area contributed by atoms with Crippen molar-refractivity contribution in [3.63, 3.8) is 0 Å². The molecule has 9 heteroatoms. The van der Waals surface area contributed by atoms with Crippen LogP contribution in [0, 0.1) is 0 Å². The van der Waals surface area contributed by atoms with E-state index in [1.165, 1.54) is 0 Å². The minimum absolute atomic E-state index is 0.310. The summed E-state index contributed by atoms with van der Waals surface area (Å²) in [5.74, 6) is -2.87.